The molecule has 18 heavy (non-hydrogen) atoms. The van der Waals surface area contributed by atoms with Crippen molar-refractivity contribution in [2.75, 3.05) is 0 Å². The van der Waals surface area contributed by atoms with E-state index >= 15 is 0 Å². The summed E-state index contributed by atoms with van der Waals surface area (Å²) in [5.41, 5.74) is 2.05. The van der Waals surface area contributed by atoms with Crippen LogP contribution in [-0.4, -0.2) is 9.55 Å². The number of aromatic amines is 1. The maximum absolute atomic E-state index is 11.2. The van der Waals surface area contributed by atoms with Crippen LogP contribution >= 0.6 is 0 Å². The summed E-state index contributed by atoms with van der Waals surface area (Å²) >= 11 is 0. The van der Waals surface area contributed by atoms with Crippen LogP contribution in [0.2, 0.25) is 0 Å². The van der Waals surface area contributed by atoms with Gasteiger partial charge in [0, 0.05) is 18.6 Å². The molecule has 0 fully saturated rings. The number of benzene rings is 1. The standard InChI is InChI=1S/C12H12N2O.C3H8/c1-10(11-5-3-2-4-6-11)9-14-8-7-13-12(14)15;1-3-2/h2-9H,1H3,(H,13,15);3H2,1-2H3/b10-9-;. The summed E-state index contributed by atoms with van der Waals surface area (Å²) in [4.78, 5) is 13.8. The first-order chi connectivity index (χ1) is 8.69. The van der Waals surface area contributed by atoms with Gasteiger partial charge in [-0.15, -0.1) is 0 Å². The van der Waals surface area contributed by atoms with Gasteiger partial charge in [-0.05, 0) is 18.1 Å². The highest BCUT2D eigenvalue weighted by molar-refractivity contribution is 5.73. The third-order valence-corrected chi connectivity index (χ3v) is 2.24. The minimum Gasteiger partial charge on any atom is -0.312 e. The zero-order valence-electron chi connectivity index (χ0n) is 11.2. The third kappa shape index (κ3) is 4.09. The van der Waals surface area contributed by atoms with E-state index < -0.39 is 0 Å². The summed E-state index contributed by atoms with van der Waals surface area (Å²) in [6.45, 7) is 6.23. The summed E-state index contributed by atoms with van der Waals surface area (Å²) in [5, 5.41) is 0. The fourth-order valence-electron chi connectivity index (χ4n) is 1.42. The Balaban J connectivity index is 0.000000492. The molecule has 0 bridgehead atoms. The highest BCUT2D eigenvalue weighted by Crippen LogP contribution is 2.12. The Labute approximate surface area is 108 Å². The Morgan fingerprint density at radius 2 is 1.89 bits per heavy atom. The molecule has 0 aliphatic carbocycles. The Morgan fingerprint density at radius 3 is 2.39 bits per heavy atom. The lowest BCUT2D eigenvalue weighted by Gasteiger charge is -2.00. The van der Waals surface area contributed by atoms with Crippen molar-refractivity contribution in [2.45, 2.75) is 27.2 Å². The van der Waals surface area contributed by atoms with Crippen molar-refractivity contribution in [3.8, 4) is 0 Å². The van der Waals surface area contributed by atoms with Crippen LogP contribution in [0.25, 0.3) is 11.8 Å². The summed E-state index contributed by atoms with van der Waals surface area (Å²) in [6, 6.07) is 9.96. The van der Waals surface area contributed by atoms with Gasteiger partial charge in [0.25, 0.3) is 0 Å². The van der Waals surface area contributed by atoms with Gasteiger partial charge in [0.15, 0.2) is 0 Å². The van der Waals surface area contributed by atoms with E-state index in [1.165, 1.54) is 11.0 Å². The minimum absolute atomic E-state index is 0.120. The normalized spacial score (nSPS) is 10.7. The molecule has 2 rings (SSSR count). The van der Waals surface area contributed by atoms with Gasteiger partial charge in [-0.2, -0.15) is 0 Å². The predicted molar refractivity (Wildman–Crippen MR) is 77.3 cm³/mol. The monoisotopic (exact) mass is 244 g/mol. The Hall–Kier alpha value is -2.03. The molecule has 0 atom stereocenters. The number of nitrogens with one attached hydrogen (secondary N) is 1. The van der Waals surface area contributed by atoms with Gasteiger partial charge in [0.05, 0.1) is 0 Å². The van der Waals surface area contributed by atoms with E-state index in [4.69, 9.17) is 0 Å². The second-order valence-corrected chi connectivity index (χ2v) is 4.06. The van der Waals surface area contributed by atoms with Crippen LogP contribution in [0.15, 0.2) is 47.5 Å². The van der Waals surface area contributed by atoms with Crippen molar-refractivity contribution in [2.24, 2.45) is 0 Å². The SMILES string of the molecule is C/C(=C/n1cc[nH]c1=O)c1ccccc1.CCC. The molecule has 0 spiro atoms. The average molecular weight is 244 g/mol. The number of hydrogen-bond acceptors (Lipinski definition) is 1. The molecular formula is C15H20N2O. The Bertz CT molecular complexity index is 535. The topological polar surface area (TPSA) is 37.8 Å². The molecule has 1 heterocycles. The number of nitrogens with zero attached hydrogens (tertiary/aromatic N) is 1. The summed E-state index contributed by atoms with van der Waals surface area (Å²) in [5.74, 6) is 0. The zero-order valence-corrected chi connectivity index (χ0v) is 11.2. The van der Waals surface area contributed by atoms with E-state index in [1.807, 2.05) is 43.5 Å². The predicted octanol–water partition coefficient (Wildman–Crippen LogP) is 3.61. The maximum atomic E-state index is 11.2. The second kappa shape index (κ2) is 7.33. The fraction of sp³-hybridized carbons (Fsp3) is 0.267. The van der Waals surface area contributed by atoms with Crippen LogP contribution in [0, 0.1) is 0 Å². The number of imidazole rings is 1. The number of allylic oxidation sites excluding steroid dienone is 1. The summed E-state index contributed by atoms with van der Waals surface area (Å²) < 4.78 is 1.53. The number of H-pyrrole nitrogens is 1. The molecule has 0 aliphatic rings. The van der Waals surface area contributed by atoms with E-state index in [1.54, 1.807) is 12.4 Å². The first-order valence-corrected chi connectivity index (χ1v) is 6.18. The molecule has 0 saturated heterocycles. The lowest BCUT2D eigenvalue weighted by Crippen LogP contribution is -2.10. The molecule has 0 saturated carbocycles. The second-order valence-electron chi connectivity index (χ2n) is 4.06. The van der Waals surface area contributed by atoms with Crippen molar-refractivity contribution < 1.29 is 0 Å². The van der Waals surface area contributed by atoms with E-state index in [9.17, 15) is 4.79 Å². The molecule has 0 aliphatic heterocycles. The molecule has 0 amide bonds. The smallest absolute Gasteiger partial charge is 0.312 e. The highest BCUT2D eigenvalue weighted by Gasteiger charge is 1.95. The van der Waals surface area contributed by atoms with Gasteiger partial charge in [-0.25, -0.2) is 4.79 Å². The molecule has 0 unspecified atom stereocenters. The zero-order chi connectivity index (χ0) is 13.4. The number of aromatic nitrogens is 2. The maximum Gasteiger partial charge on any atom is 0.329 e. The number of hydrogen-bond donors (Lipinski definition) is 1. The van der Waals surface area contributed by atoms with Crippen molar-refractivity contribution in [1.82, 2.24) is 9.55 Å². The van der Waals surface area contributed by atoms with E-state index in [0.717, 1.165) is 11.1 Å². The lowest BCUT2D eigenvalue weighted by molar-refractivity contribution is 1.05. The van der Waals surface area contributed by atoms with Crippen LogP contribution in [0.1, 0.15) is 32.8 Å². The molecule has 1 aromatic heterocycles. The van der Waals surface area contributed by atoms with Crippen LogP contribution < -0.4 is 5.69 Å². The van der Waals surface area contributed by atoms with Crippen LogP contribution in [-0.2, 0) is 0 Å². The molecule has 3 nitrogen and oxygen atoms in total. The van der Waals surface area contributed by atoms with E-state index in [0.29, 0.717) is 0 Å². The lowest BCUT2D eigenvalue weighted by atomic mass is 10.1. The van der Waals surface area contributed by atoms with Crippen LogP contribution in [0.5, 0.6) is 0 Å². The molecule has 1 N–H and O–H groups in total. The molecule has 2 aromatic rings. The molecular weight excluding hydrogens is 224 g/mol. The Morgan fingerprint density at radius 1 is 1.28 bits per heavy atom. The highest BCUT2D eigenvalue weighted by atomic mass is 16.1. The first kappa shape index (κ1) is 14.0. The first-order valence-electron chi connectivity index (χ1n) is 6.18. The van der Waals surface area contributed by atoms with Crippen molar-refractivity contribution >= 4 is 11.8 Å². The average Bonchev–Trinajstić information content (AvgIpc) is 2.77. The van der Waals surface area contributed by atoms with Crippen LogP contribution in [0.3, 0.4) is 0 Å². The van der Waals surface area contributed by atoms with Crippen molar-refractivity contribution in [1.29, 1.82) is 0 Å². The quantitative estimate of drug-likeness (QED) is 0.861. The van der Waals surface area contributed by atoms with Crippen molar-refractivity contribution in [3.63, 3.8) is 0 Å². The third-order valence-electron chi connectivity index (χ3n) is 2.24. The van der Waals surface area contributed by atoms with Gasteiger partial charge >= 0.3 is 5.69 Å². The fourth-order valence-corrected chi connectivity index (χ4v) is 1.42. The van der Waals surface area contributed by atoms with Gasteiger partial charge in [-0.1, -0.05) is 50.6 Å². The van der Waals surface area contributed by atoms with Gasteiger partial charge in [0.2, 0.25) is 0 Å². The Kier molecular flexibility index (Phi) is 5.71. The molecule has 3 heteroatoms. The number of rotatable bonds is 2. The van der Waals surface area contributed by atoms with Gasteiger partial charge < -0.3 is 4.98 Å². The summed E-state index contributed by atoms with van der Waals surface area (Å²) in [6.07, 6.45) is 6.39. The summed E-state index contributed by atoms with van der Waals surface area (Å²) in [7, 11) is 0. The van der Waals surface area contributed by atoms with Crippen LogP contribution in [0.4, 0.5) is 0 Å². The largest absolute Gasteiger partial charge is 0.329 e. The van der Waals surface area contributed by atoms with E-state index in [2.05, 4.69) is 18.8 Å². The van der Waals surface area contributed by atoms with Gasteiger partial charge in [-0.3, -0.25) is 4.57 Å². The van der Waals surface area contributed by atoms with Gasteiger partial charge in [0.1, 0.15) is 0 Å². The molecule has 0 radical (unpaired) electrons. The molecule has 96 valence electrons. The molecule has 1 aromatic carbocycles. The van der Waals surface area contributed by atoms with E-state index in [-0.39, 0.29) is 5.69 Å². The van der Waals surface area contributed by atoms with Crippen molar-refractivity contribution in [3.05, 3.63) is 58.8 Å². The minimum atomic E-state index is -0.120.